The monoisotopic (exact) mass is 449 g/mol. The fourth-order valence-electron chi connectivity index (χ4n) is 3.08. The van der Waals surface area contributed by atoms with Gasteiger partial charge in [0.1, 0.15) is 11.6 Å². The van der Waals surface area contributed by atoms with E-state index in [1.807, 2.05) is 42.5 Å². The van der Waals surface area contributed by atoms with Crippen LogP contribution in [-0.2, 0) is 6.18 Å². The Labute approximate surface area is 187 Å². The molecule has 2 aromatic carbocycles. The summed E-state index contributed by atoms with van der Waals surface area (Å²) in [5, 5.41) is 8.14. The van der Waals surface area contributed by atoms with Crippen molar-refractivity contribution in [3.05, 3.63) is 96.8 Å². The van der Waals surface area contributed by atoms with Crippen LogP contribution in [0.4, 0.5) is 41.0 Å². The molecule has 3 N–H and O–H groups in total. The van der Waals surface area contributed by atoms with E-state index in [-0.39, 0.29) is 11.5 Å². The third-order valence-corrected chi connectivity index (χ3v) is 4.59. The minimum absolute atomic E-state index is 0.0178. The number of amides is 2. The summed E-state index contributed by atoms with van der Waals surface area (Å²) in [7, 11) is 0. The summed E-state index contributed by atoms with van der Waals surface area (Å²) >= 11 is 0. The molecule has 0 aliphatic carbocycles. The van der Waals surface area contributed by atoms with Crippen LogP contribution >= 0.6 is 0 Å². The van der Waals surface area contributed by atoms with Gasteiger partial charge in [-0.25, -0.2) is 14.8 Å². The highest BCUT2D eigenvalue weighted by Crippen LogP contribution is 2.30. The van der Waals surface area contributed by atoms with E-state index in [4.69, 9.17) is 0 Å². The average Bonchev–Trinajstić information content (AvgIpc) is 2.80. The molecule has 2 amide bonds. The third kappa shape index (κ3) is 5.85. The zero-order valence-electron chi connectivity index (χ0n) is 17.1. The van der Waals surface area contributed by atoms with Crippen molar-refractivity contribution in [2.24, 2.45) is 0 Å². The number of halogens is 3. The number of aromatic nitrogens is 2. The lowest BCUT2D eigenvalue weighted by atomic mass is 10.1. The van der Waals surface area contributed by atoms with E-state index in [9.17, 15) is 18.0 Å². The van der Waals surface area contributed by atoms with Crippen molar-refractivity contribution in [2.45, 2.75) is 6.18 Å². The molecule has 4 aromatic rings. The Bertz CT molecular complexity index is 1260. The number of para-hydroxylation sites is 1. The van der Waals surface area contributed by atoms with Gasteiger partial charge < -0.3 is 10.6 Å². The zero-order valence-corrected chi connectivity index (χ0v) is 17.1. The number of carbonyl (C=O) groups is 1. The molecule has 0 bridgehead atoms. The molecule has 9 heteroatoms. The number of urea groups is 1. The summed E-state index contributed by atoms with van der Waals surface area (Å²) in [6, 6.07) is 20.4. The van der Waals surface area contributed by atoms with Crippen molar-refractivity contribution in [2.75, 3.05) is 16.0 Å². The summed E-state index contributed by atoms with van der Waals surface area (Å²) in [4.78, 5) is 20.7. The molecule has 0 aliphatic heterocycles. The highest BCUT2D eigenvalue weighted by molar-refractivity contribution is 5.99. The van der Waals surface area contributed by atoms with Gasteiger partial charge in [0.2, 0.25) is 0 Å². The minimum Gasteiger partial charge on any atom is -0.340 e. The molecule has 6 nitrogen and oxygen atoms in total. The van der Waals surface area contributed by atoms with Gasteiger partial charge in [-0.3, -0.25) is 5.32 Å². The highest BCUT2D eigenvalue weighted by Gasteiger charge is 2.30. The van der Waals surface area contributed by atoms with Gasteiger partial charge in [0, 0.05) is 23.8 Å². The molecule has 0 atom stereocenters. The van der Waals surface area contributed by atoms with E-state index in [0.717, 1.165) is 28.9 Å². The van der Waals surface area contributed by atoms with Gasteiger partial charge in [-0.2, -0.15) is 13.2 Å². The number of hydrogen-bond acceptors (Lipinski definition) is 4. The van der Waals surface area contributed by atoms with Crippen LogP contribution in [0.1, 0.15) is 5.56 Å². The van der Waals surface area contributed by atoms with Crippen LogP contribution < -0.4 is 16.0 Å². The Morgan fingerprint density at radius 2 is 1.33 bits per heavy atom. The Kier molecular flexibility index (Phi) is 6.21. The average molecular weight is 449 g/mol. The van der Waals surface area contributed by atoms with E-state index < -0.39 is 17.8 Å². The zero-order chi connectivity index (χ0) is 23.3. The summed E-state index contributed by atoms with van der Waals surface area (Å²) in [6.07, 6.45) is -1.31. The third-order valence-electron chi connectivity index (χ3n) is 4.59. The second kappa shape index (κ2) is 9.39. The van der Waals surface area contributed by atoms with Gasteiger partial charge in [-0.1, -0.05) is 24.3 Å². The van der Waals surface area contributed by atoms with Gasteiger partial charge in [0.25, 0.3) is 0 Å². The maximum atomic E-state index is 12.9. The van der Waals surface area contributed by atoms with Gasteiger partial charge >= 0.3 is 12.2 Å². The molecule has 166 valence electrons. The quantitative estimate of drug-likeness (QED) is 0.323. The minimum atomic E-state index is -4.50. The fraction of sp³-hybridized carbons (Fsp3) is 0.0417. The van der Waals surface area contributed by atoms with Crippen LogP contribution in [0.3, 0.4) is 0 Å². The van der Waals surface area contributed by atoms with Crippen LogP contribution in [0.25, 0.3) is 11.1 Å². The van der Waals surface area contributed by atoms with Crippen molar-refractivity contribution in [1.82, 2.24) is 9.97 Å². The van der Waals surface area contributed by atoms with Crippen LogP contribution in [0.15, 0.2) is 91.3 Å². The first-order valence-corrected chi connectivity index (χ1v) is 9.87. The second-order valence-corrected chi connectivity index (χ2v) is 7.01. The number of pyridine rings is 2. The number of anilines is 4. The van der Waals surface area contributed by atoms with Crippen LogP contribution in [0, 0.1) is 0 Å². The van der Waals surface area contributed by atoms with Crippen molar-refractivity contribution in [1.29, 1.82) is 0 Å². The SMILES string of the molecule is O=C(Nc1cccc(C(F)(F)F)c1)Nc1cc(-c2ccnc(Nc3ccccc3)c2)ccn1. The number of nitrogens with one attached hydrogen (secondary N) is 3. The lowest BCUT2D eigenvalue weighted by molar-refractivity contribution is -0.137. The standard InChI is InChI=1S/C24H18F3N5O/c25-24(26,27)18-5-4-8-20(15-18)31-23(33)32-22-14-17(10-12-29-22)16-9-11-28-21(13-16)30-19-6-2-1-3-7-19/h1-15H,(H,28,30)(H2,29,31,32,33). The maximum absolute atomic E-state index is 12.9. The smallest absolute Gasteiger partial charge is 0.340 e. The Morgan fingerprint density at radius 3 is 2.03 bits per heavy atom. The van der Waals surface area contributed by atoms with E-state index in [0.29, 0.717) is 5.82 Å². The Morgan fingerprint density at radius 1 is 0.697 bits per heavy atom. The summed E-state index contributed by atoms with van der Waals surface area (Å²) in [5.74, 6) is 0.888. The van der Waals surface area contributed by atoms with Crippen molar-refractivity contribution >= 4 is 29.0 Å². The number of nitrogens with zero attached hydrogens (tertiary/aromatic N) is 2. The van der Waals surface area contributed by atoms with Gasteiger partial charge in [0.15, 0.2) is 0 Å². The molecule has 0 saturated carbocycles. The molecule has 2 aromatic heterocycles. The lowest BCUT2D eigenvalue weighted by Crippen LogP contribution is -2.20. The van der Waals surface area contributed by atoms with Crippen LogP contribution in [0.5, 0.6) is 0 Å². The van der Waals surface area contributed by atoms with E-state index in [1.165, 1.54) is 18.3 Å². The van der Waals surface area contributed by atoms with E-state index in [1.54, 1.807) is 18.3 Å². The first kappa shape index (κ1) is 21.8. The predicted octanol–water partition coefficient (Wildman–Crippen LogP) is 6.55. The van der Waals surface area contributed by atoms with Crippen molar-refractivity contribution in [3.8, 4) is 11.1 Å². The predicted molar refractivity (Wildman–Crippen MR) is 121 cm³/mol. The second-order valence-electron chi connectivity index (χ2n) is 7.01. The highest BCUT2D eigenvalue weighted by atomic mass is 19.4. The fourth-order valence-corrected chi connectivity index (χ4v) is 3.08. The molecular weight excluding hydrogens is 431 g/mol. The number of rotatable bonds is 5. The molecule has 33 heavy (non-hydrogen) atoms. The van der Waals surface area contributed by atoms with Gasteiger partial charge in [-0.15, -0.1) is 0 Å². The molecule has 0 aliphatic rings. The van der Waals surface area contributed by atoms with E-state index in [2.05, 4.69) is 25.9 Å². The molecule has 0 radical (unpaired) electrons. The Balaban J connectivity index is 1.46. The first-order chi connectivity index (χ1) is 15.9. The number of hydrogen-bond donors (Lipinski definition) is 3. The molecule has 0 unspecified atom stereocenters. The molecular formula is C24H18F3N5O. The number of alkyl halides is 3. The number of benzene rings is 2. The van der Waals surface area contributed by atoms with E-state index >= 15 is 0 Å². The van der Waals surface area contributed by atoms with Crippen LogP contribution in [0.2, 0.25) is 0 Å². The maximum Gasteiger partial charge on any atom is 0.416 e. The molecule has 0 spiro atoms. The largest absolute Gasteiger partial charge is 0.416 e. The van der Waals surface area contributed by atoms with Gasteiger partial charge in [-0.05, 0) is 65.7 Å². The first-order valence-electron chi connectivity index (χ1n) is 9.87. The Hall–Kier alpha value is -4.40. The molecule has 2 heterocycles. The van der Waals surface area contributed by atoms with Crippen LogP contribution in [-0.4, -0.2) is 16.0 Å². The normalized spacial score (nSPS) is 11.0. The topological polar surface area (TPSA) is 78.9 Å². The summed E-state index contributed by atoms with van der Waals surface area (Å²) in [5.41, 5.74) is 1.68. The molecule has 4 rings (SSSR count). The molecule has 0 saturated heterocycles. The van der Waals surface area contributed by atoms with Crippen molar-refractivity contribution < 1.29 is 18.0 Å². The van der Waals surface area contributed by atoms with Crippen molar-refractivity contribution in [3.63, 3.8) is 0 Å². The lowest BCUT2D eigenvalue weighted by Gasteiger charge is -2.11. The summed E-state index contributed by atoms with van der Waals surface area (Å²) in [6.45, 7) is 0. The molecule has 0 fully saturated rings. The summed E-state index contributed by atoms with van der Waals surface area (Å²) < 4.78 is 38.6. The number of carbonyl (C=O) groups excluding carboxylic acids is 1. The van der Waals surface area contributed by atoms with Gasteiger partial charge in [0.05, 0.1) is 5.56 Å².